The van der Waals surface area contributed by atoms with Crippen molar-refractivity contribution in [1.82, 2.24) is 10.1 Å². The first-order valence-corrected chi connectivity index (χ1v) is 5.91. The van der Waals surface area contributed by atoms with Crippen molar-refractivity contribution in [3.05, 3.63) is 24.5 Å². The molecule has 0 aliphatic heterocycles. The summed E-state index contributed by atoms with van der Waals surface area (Å²) in [7, 11) is 0. The molecule has 0 spiro atoms. The molecule has 0 saturated heterocycles. The third-order valence-electron chi connectivity index (χ3n) is 3.61. The van der Waals surface area contributed by atoms with Gasteiger partial charge in [0, 0.05) is 6.54 Å². The number of hydrogen-bond donors (Lipinski definition) is 1. The zero-order valence-electron chi connectivity index (χ0n) is 9.56. The molecule has 2 aromatic heterocycles. The van der Waals surface area contributed by atoms with E-state index < -0.39 is 0 Å². The highest BCUT2D eigenvalue weighted by atomic mass is 16.5. The van der Waals surface area contributed by atoms with Crippen molar-refractivity contribution in [2.45, 2.75) is 31.1 Å². The van der Waals surface area contributed by atoms with E-state index in [-0.39, 0.29) is 5.41 Å². The van der Waals surface area contributed by atoms with E-state index in [1.54, 1.807) is 12.5 Å². The van der Waals surface area contributed by atoms with Crippen LogP contribution in [0, 0.1) is 0 Å². The Morgan fingerprint density at radius 1 is 1.35 bits per heavy atom. The Bertz CT molecular complexity index is 484. The van der Waals surface area contributed by atoms with Gasteiger partial charge in [0.25, 0.3) is 0 Å². The molecule has 3 rings (SSSR count). The first-order valence-electron chi connectivity index (χ1n) is 5.91. The minimum atomic E-state index is -0.102. The van der Waals surface area contributed by atoms with Crippen LogP contribution >= 0.6 is 0 Å². The van der Waals surface area contributed by atoms with Gasteiger partial charge in [0.2, 0.25) is 11.7 Å². The Kier molecular flexibility index (Phi) is 2.48. The molecule has 1 saturated carbocycles. The molecular weight excluding hydrogens is 218 g/mol. The van der Waals surface area contributed by atoms with E-state index in [4.69, 9.17) is 14.7 Å². The molecule has 90 valence electrons. The van der Waals surface area contributed by atoms with E-state index in [0.717, 1.165) is 18.4 Å². The predicted molar refractivity (Wildman–Crippen MR) is 61.2 cm³/mol. The third-order valence-corrected chi connectivity index (χ3v) is 3.61. The molecule has 0 radical (unpaired) electrons. The van der Waals surface area contributed by atoms with Crippen LogP contribution in [0.3, 0.4) is 0 Å². The van der Waals surface area contributed by atoms with Crippen LogP contribution in [0.2, 0.25) is 0 Å². The Hall–Kier alpha value is -1.62. The average molecular weight is 233 g/mol. The summed E-state index contributed by atoms with van der Waals surface area (Å²) in [5.41, 5.74) is 6.62. The zero-order valence-corrected chi connectivity index (χ0v) is 9.56. The molecule has 1 aliphatic carbocycles. The van der Waals surface area contributed by atoms with Crippen molar-refractivity contribution in [3.8, 4) is 11.4 Å². The van der Waals surface area contributed by atoms with Gasteiger partial charge in [-0.05, 0) is 18.9 Å². The van der Waals surface area contributed by atoms with E-state index in [2.05, 4.69) is 10.1 Å². The van der Waals surface area contributed by atoms with E-state index in [1.807, 2.05) is 6.07 Å². The van der Waals surface area contributed by atoms with E-state index in [1.165, 1.54) is 12.8 Å². The molecule has 0 unspecified atom stereocenters. The molecule has 1 fully saturated rings. The fourth-order valence-electron chi connectivity index (χ4n) is 2.50. The lowest BCUT2D eigenvalue weighted by Gasteiger charge is -2.21. The minimum absolute atomic E-state index is 0.102. The summed E-state index contributed by atoms with van der Waals surface area (Å²) < 4.78 is 10.4. The van der Waals surface area contributed by atoms with E-state index in [0.29, 0.717) is 18.3 Å². The van der Waals surface area contributed by atoms with Gasteiger partial charge < -0.3 is 14.7 Å². The maximum Gasteiger partial charge on any atom is 0.234 e. The van der Waals surface area contributed by atoms with E-state index >= 15 is 0 Å². The smallest absolute Gasteiger partial charge is 0.234 e. The summed E-state index contributed by atoms with van der Waals surface area (Å²) in [6.45, 7) is 0.569. The minimum Gasteiger partial charge on any atom is -0.472 e. The molecular formula is C12H15N3O2. The molecule has 17 heavy (non-hydrogen) atoms. The Morgan fingerprint density at radius 3 is 2.82 bits per heavy atom. The highest BCUT2D eigenvalue weighted by molar-refractivity contribution is 5.51. The first-order chi connectivity index (χ1) is 8.34. The third kappa shape index (κ3) is 1.67. The topological polar surface area (TPSA) is 78.1 Å². The normalized spacial score (nSPS) is 18.6. The monoisotopic (exact) mass is 233 g/mol. The number of nitrogens with zero attached hydrogens (tertiary/aromatic N) is 2. The molecule has 5 nitrogen and oxygen atoms in total. The van der Waals surface area contributed by atoms with Crippen LogP contribution in [0.5, 0.6) is 0 Å². The number of nitrogens with two attached hydrogens (primary N) is 1. The number of aromatic nitrogens is 2. The van der Waals surface area contributed by atoms with Crippen molar-refractivity contribution in [1.29, 1.82) is 0 Å². The largest absolute Gasteiger partial charge is 0.472 e. The number of hydrogen-bond acceptors (Lipinski definition) is 5. The van der Waals surface area contributed by atoms with Crippen LogP contribution in [0.4, 0.5) is 0 Å². The molecule has 0 amide bonds. The fourth-order valence-corrected chi connectivity index (χ4v) is 2.50. The molecule has 2 N–H and O–H groups in total. The summed E-state index contributed by atoms with van der Waals surface area (Å²) in [5, 5.41) is 3.99. The predicted octanol–water partition coefficient (Wildman–Crippen LogP) is 2.10. The lowest BCUT2D eigenvalue weighted by molar-refractivity contribution is 0.284. The second kappa shape index (κ2) is 4.00. The average Bonchev–Trinajstić information content (AvgIpc) is 3.10. The van der Waals surface area contributed by atoms with Crippen LogP contribution in [0.15, 0.2) is 27.5 Å². The standard InChI is InChI=1S/C12H15N3O2/c13-8-12(4-1-2-5-12)11-14-10(15-17-11)9-3-6-16-7-9/h3,6-7H,1-2,4-5,8,13H2. The van der Waals surface area contributed by atoms with Crippen LogP contribution in [-0.4, -0.2) is 16.7 Å². The van der Waals surface area contributed by atoms with Gasteiger partial charge in [-0.2, -0.15) is 4.98 Å². The van der Waals surface area contributed by atoms with Crippen molar-refractivity contribution < 1.29 is 8.94 Å². The van der Waals surface area contributed by atoms with Gasteiger partial charge in [0.15, 0.2) is 0 Å². The quantitative estimate of drug-likeness (QED) is 0.878. The van der Waals surface area contributed by atoms with Gasteiger partial charge in [-0.3, -0.25) is 0 Å². The molecule has 2 aromatic rings. The highest BCUT2D eigenvalue weighted by Gasteiger charge is 2.39. The molecule has 2 heterocycles. The fraction of sp³-hybridized carbons (Fsp3) is 0.500. The second-order valence-electron chi connectivity index (χ2n) is 4.63. The zero-order chi connectivity index (χ0) is 11.7. The molecule has 1 aliphatic rings. The maximum absolute atomic E-state index is 5.88. The summed E-state index contributed by atoms with van der Waals surface area (Å²) >= 11 is 0. The van der Waals surface area contributed by atoms with Gasteiger partial charge in [0.05, 0.1) is 17.2 Å². The van der Waals surface area contributed by atoms with Crippen LogP contribution in [-0.2, 0) is 5.41 Å². The summed E-state index contributed by atoms with van der Waals surface area (Å²) in [4.78, 5) is 4.46. The lowest BCUT2D eigenvalue weighted by Crippen LogP contribution is -2.32. The lowest BCUT2D eigenvalue weighted by atomic mass is 9.86. The molecule has 0 aromatic carbocycles. The number of rotatable bonds is 3. The Morgan fingerprint density at radius 2 is 2.18 bits per heavy atom. The highest BCUT2D eigenvalue weighted by Crippen LogP contribution is 2.39. The van der Waals surface area contributed by atoms with Crippen molar-refractivity contribution in [2.24, 2.45) is 5.73 Å². The van der Waals surface area contributed by atoms with Crippen molar-refractivity contribution in [2.75, 3.05) is 6.54 Å². The van der Waals surface area contributed by atoms with Gasteiger partial charge in [-0.15, -0.1) is 0 Å². The molecule has 0 atom stereocenters. The van der Waals surface area contributed by atoms with Crippen LogP contribution in [0.1, 0.15) is 31.6 Å². The van der Waals surface area contributed by atoms with Crippen LogP contribution < -0.4 is 5.73 Å². The van der Waals surface area contributed by atoms with E-state index in [9.17, 15) is 0 Å². The molecule has 5 heteroatoms. The second-order valence-corrected chi connectivity index (χ2v) is 4.63. The Labute approximate surface area is 99.0 Å². The maximum atomic E-state index is 5.88. The molecule has 0 bridgehead atoms. The van der Waals surface area contributed by atoms with Gasteiger partial charge in [-0.1, -0.05) is 18.0 Å². The van der Waals surface area contributed by atoms with Crippen LogP contribution in [0.25, 0.3) is 11.4 Å². The first kappa shape index (κ1) is 10.5. The summed E-state index contributed by atoms with van der Waals surface area (Å²) in [6, 6.07) is 1.82. The van der Waals surface area contributed by atoms with Crippen molar-refractivity contribution >= 4 is 0 Å². The van der Waals surface area contributed by atoms with Gasteiger partial charge in [0.1, 0.15) is 6.26 Å². The Balaban J connectivity index is 1.94. The summed E-state index contributed by atoms with van der Waals surface area (Å²) in [6.07, 6.45) is 7.65. The number of furan rings is 1. The summed E-state index contributed by atoms with van der Waals surface area (Å²) in [5.74, 6) is 1.25. The van der Waals surface area contributed by atoms with Gasteiger partial charge in [-0.25, -0.2) is 0 Å². The van der Waals surface area contributed by atoms with Crippen molar-refractivity contribution in [3.63, 3.8) is 0 Å². The SMILES string of the molecule is NCC1(c2nc(-c3ccoc3)no2)CCCC1. The van der Waals surface area contributed by atoms with Gasteiger partial charge >= 0.3 is 0 Å².